The van der Waals surface area contributed by atoms with Gasteiger partial charge in [-0.1, -0.05) is 30.3 Å². The van der Waals surface area contributed by atoms with Gasteiger partial charge in [0.05, 0.1) is 12.0 Å². The Labute approximate surface area is 176 Å². The SMILES string of the molecule is CCN=C1S/C(=C\c2ccc(OCc3ccccc3C)c(OC)c2)C(=O)N1CC. The Bertz CT molecular complexity index is 953. The number of ether oxygens (including phenoxy) is 2. The molecule has 0 bridgehead atoms. The van der Waals surface area contributed by atoms with Crippen molar-refractivity contribution < 1.29 is 14.3 Å². The molecular formula is C23H26N2O3S. The highest BCUT2D eigenvalue weighted by Gasteiger charge is 2.31. The average Bonchev–Trinajstić information content (AvgIpc) is 3.02. The molecule has 1 heterocycles. The van der Waals surface area contributed by atoms with Crippen molar-refractivity contribution in [2.45, 2.75) is 27.4 Å². The van der Waals surface area contributed by atoms with Crippen LogP contribution in [-0.4, -0.2) is 36.2 Å². The number of amides is 1. The topological polar surface area (TPSA) is 51.1 Å². The van der Waals surface area contributed by atoms with E-state index in [1.54, 1.807) is 12.0 Å². The molecule has 1 aliphatic rings. The van der Waals surface area contributed by atoms with Crippen molar-refractivity contribution in [3.63, 3.8) is 0 Å². The molecule has 3 rings (SSSR count). The average molecular weight is 411 g/mol. The second-order valence-electron chi connectivity index (χ2n) is 6.54. The minimum Gasteiger partial charge on any atom is -0.493 e. The number of aryl methyl sites for hydroxylation is 1. The van der Waals surface area contributed by atoms with Gasteiger partial charge in [-0.2, -0.15) is 0 Å². The normalized spacial score (nSPS) is 16.7. The standard InChI is InChI=1S/C23H26N2O3S/c1-5-24-23-25(6-2)22(26)21(29-23)14-17-11-12-19(20(13-17)27-4)28-15-18-10-8-7-9-16(18)3/h7-14H,5-6,15H2,1-4H3/b21-14-,24-23?. The van der Waals surface area contributed by atoms with E-state index in [1.165, 1.54) is 17.3 Å². The van der Waals surface area contributed by atoms with Crippen LogP contribution in [0.25, 0.3) is 6.08 Å². The minimum absolute atomic E-state index is 0.0106. The van der Waals surface area contributed by atoms with Crippen LogP contribution in [0.1, 0.15) is 30.5 Å². The lowest BCUT2D eigenvalue weighted by Crippen LogP contribution is -2.28. The Balaban J connectivity index is 1.80. The molecule has 0 N–H and O–H groups in total. The second-order valence-corrected chi connectivity index (χ2v) is 7.55. The molecule has 0 radical (unpaired) electrons. The quantitative estimate of drug-likeness (QED) is 0.610. The van der Waals surface area contributed by atoms with Crippen molar-refractivity contribution in [1.29, 1.82) is 0 Å². The predicted molar refractivity (Wildman–Crippen MR) is 119 cm³/mol. The summed E-state index contributed by atoms with van der Waals surface area (Å²) in [5.74, 6) is 1.30. The van der Waals surface area contributed by atoms with Crippen molar-refractivity contribution in [3.05, 3.63) is 64.1 Å². The van der Waals surface area contributed by atoms with Gasteiger partial charge in [0.15, 0.2) is 16.7 Å². The number of thioether (sulfide) groups is 1. The zero-order valence-corrected chi connectivity index (χ0v) is 18.1. The van der Waals surface area contributed by atoms with E-state index in [0.717, 1.165) is 16.3 Å². The fourth-order valence-corrected chi connectivity index (χ4v) is 4.12. The van der Waals surface area contributed by atoms with E-state index < -0.39 is 0 Å². The summed E-state index contributed by atoms with van der Waals surface area (Å²) >= 11 is 1.41. The zero-order chi connectivity index (χ0) is 20.8. The smallest absolute Gasteiger partial charge is 0.266 e. The Hall–Kier alpha value is -2.73. The van der Waals surface area contributed by atoms with Crippen LogP contribution in [0.4, 0.5) is 0 Å². The van der Waals surface area contributed by atoms with E-state index in [1.807, 2.05) is 50.3 Å². The summed E-state index contributed by atoms with van der Waals surface area (Å²) in [6.45, 7) is 7.72. The number of amidine groups is 1. The first-order valence-electron chi connectivity index (χ1n) is 9.68. The molecule has 1 saturated heterocycles. The highest BCUT2D eigenvalue weighted by Crippen LogP contribution is 2.35. The first-order valence-corrected chi connectivity index (χ1v) is 10.5. The number of methoxy groups -OCH3 is 1. The van der Waals surface area contributed by atoms with Gasteiger partial charge >= 0.3 is 0 Å². The maximum absolute atomic E-state index is 12.6. The van der Waals surface area contributed by atoms with Gasteiger partial charge in [0.25, 0.3) is 5.91 Å². The molecule has 0 unspecified atom stereocenters. The summed E-state index contributed by atoms with van der Waals surface area (Å²) in [5.41, 5.74) is 3.21. The lowest BCUT2D eigenvalue weighted by atomic mass is 10.1. The third kappa shape index (κ3) is 4.82. The van der Waals surface area contributed by atoms with Gasteiger partial charge in [0, 0.05) is 13.1 Å². The number of nitrogens with zero attached hydrogens (tertiary/aromatic N) is 2. The number of likely N-dealkylation sites (N-methyl/N-ethyl adjacent to an activating group) is 1. The summed E-state index contributed by atoms with van der Waals surface area (Å²) in [6, 6.07) is 13.8. The molecule has 0 aliphatic carbocycles. The first kappa shape index (κ1) is 21.0. The van der Waals surface area contributed by atoms with Crippen LogP contribution in [0.5, 0.6) is 11.5 Å². The Kier molecular flexibility index (Phi) is 6.99. The van der Waals surface area contributed by atoms with Gasteiger partial charge in [0.2, 0.25) is 0 Å². The van der Waals surface area contributed by atoms with Crippen LogP contribution in [0.15, 0.2) is 52.4 Å². The summed E-state index contributed by atoms with van der Waals surface area (Å²) in [5, 5.41) is 0.761. The monoisotopic (exact) mass is 410 g/mol. The van der Waals surface area contributed by atoms with Crippen molar-refractivity contribution >= 4 is 28.9 Å². The fourth-order valence-electron chi connectivity index (χ4n) is 3.01. The molecule has 6 heteroatoms. The molecule has 1 fully saturated rings. The van der Waals surface area contributed by atoms with Crippen molar-refractivity contribution in [2.24, 2.45) is 4.99 Å². The van der Waals surface area contributed by atoms with Crippen LogP contribution in [-0.2, 0) is 11.4 Å². The first-order chi connectivity index (χ1) is 14.1. The number of aliphatic imine (C=N–C) groups is 1. The van der Waals surface area contributed by atoms with Gasteiger partial charge in [-0.3, -0.25) is 14.7 Å². The number of hydrogen-bond acceptors (Lipinski definition) is 5. The number of benzene rings is 2. The molecule has 0 aromatic heterocycles. The van der Waals surface area contributed by atoms with Gasteiger partial charge in [-0.15, -0.1) is 0 Å². The van der Waals surface area contributed by atoms with E-state index in [0.29, 0.717) is 36.1 Å². The zero-order valence-electron chi connectivity index (χ0n) is 17.3. The van der Waals surface area contributed by atoms with Crippen LogP contribution < -0.4 is 9.47 Å². The molecule has 2 aromatic rings. The van der Waals surface area contributed by atoms with E-state index >= 15 is 0 Å². The minimum atomic E-state index is -0.0106. The van der Waals surface area contributed by atoms with E-state index in [4.69, 9.17) is 9.47 Å². The maximum Gasteiger partial charge on any atom is 0.266 e. The summed E-state index contributed by atoms with van der Waals surface area (Å²) in [7, 11) is 1.62. The Morgan fingerprint density at radius 3 is 2.62 bits per heavy atom. The molecule has 29 heavy (non-hydrogen) atoms. The largest absolute Gasteiger partial charge is 0.493 e. The van der Waals surface area contributed by atoms with Crippen LogP contribution >= 0.6 is 11.8 Å². The fraction of sp³-hybridized carbons (Fsp3) is 0.304. The van der Waals surface area contributed by atoms with E-state index in [2.05, 4.69) is 24.0 Å². The summed E-state index contributed by atoms with van der Waals surface area (Å²) < 4.78 is 11.5. The van der Waals surface area contributed by atoms with Gasteiger partial charge in [-0.25, -0.2) is 0 Å². The lowest BCUT2D eigenvalue weighted by Gasteiger charge is -2.13. The Morgan fingerprint density at radius 2 is 1.93 bits per heavy atom. The molecule has 1 amide bonds. The van der Waals surface area contributed by atoms with Crippen LogP contribution in [0.2, 0.25) is 0 Å². The van der Waals surface area contributed by atoms with Crippen LogP contribution in [0, 0.1) is 6.92 Å². The molecule has 1 aliphatic heterocycles. The van der Waals surface area contributed by atoms with E-state index in [9.17, 15) is 4.79 Å². The van der Waals surface area contributed by atoms with Crippen molar-refractivity contribution in [1.82, 2.24) is 4.90 Å². The van der Waals surface area contributed by atoms with Crippen molar-refractivity contribution in [2.75, 3.05) is 20.2 Å². The third-order valence-corrected chi connectivity index (χ3v) is 5.67. The number of hydrogen-bond donors (Lipinski definition) is 0. The molecule has 0 atom stereocenters. The highest BCUT2D eigenvalue weighted by molar-refractivity contribution is 8.18. The molecule has 2 aromatic carbocycles. The molecular weight excluding hydrogens is 384 g/mol. The third-order valence-electron chi connectivity index (χ3n) is 4.63. The van der Waals surface area contributed by atoms with Gasteiger partial charge in [0.1, 0.15) is 6.61 Å². The molecule has 5 nitrogen and oxygen atoms in total. The van der Waals surface area contributed by atoms with E-state index in [-0.39, 0.29) is 5.91 Å². The summed E-state index contributed by atoms with van der Waals surface area (Å²) in [6.07, 6.45) is 1.88. The van der Waals surface area contributed by atoms with Crippen LogP contribution in [0.3, 0.4) is 0 Å². The van der Waals surface area contributed by atoms with Gasteiger partial charge < -0.3 is 9.47 Å². The lowest BCUT2D eigenvalue weighted by molar-refractivity contribution is -0.122. The highest BCUT2D eigenvalue weighted by atomic mass is 32.2. The van der Waals surface area contributed by atoms with Crippen molar-refractivity contribution in [3.8, 4) is 11.5 Å². The number of rotatable bonds is 7. The van der Waals surface area contributed by atoms with Gasteiger partial charge in [-0.05, 0) is 67.4 Å². The summed E-state index contributed by atoms with van der Waals surface area (Å²) in [4.78, 5) is 19.4. The Morgan fingerprint density at radius 1 is 1.14 bits per heavy atom. The predicted octanol–water partition coefficient (Wildman–Crippen LogP) is 4.89. The molecule has 152 valence electrons. The second kappa shape index (κ2) is 9.65. The number of carbonyl (C=O) groups is 1. The molecule has 0 saturated carbocycles. The molecule has 0 spiro atoms. The maximum atomic E-state index is 12.6. The number of carbonyl (C=O) groups excluding carboxylic acids is 1.